The van der Waals surface area contributed by atoms with Gasteiger partial charge in [0.1, 0.15) is 12.6 Å². The summed E-state index contributed by atoms with van der Waals surface area (Å²) in [4.78, 5) is 65.4. The van der Waals surface area contributed by atoms with Gasteiger partial charge in [0.05, 0.1) is 23.3 Å². The van der Waals surface area contributed by atoms with Crippen LogP contribution in [0, 0.1) is 0 Å². The first-order valence-electron chi connectivity index (χ1n) is 14.1. The van der Waals surface area contributed by atoms with Crippen molar-refractivity contribution >= 4 is 35.4 Å². The fourth-order valence-electron chi connectivity index (χ4n) is 5.91. The number of amides is 5. The summed E-state index contributed by atoms with van der Waals surface area (Å²) in [6.45, 7) is 1.43. The van der Waals surface area contributed by atoms with Crippen molar-refractivity contribution in [2.75, 3.05) is 18.4 Å². The van der Waals surface area contributed by atoms with Crippen molar-refractivity contribution in [2.45, 2.75) is 69.4 Å². The second-order valence-electron chi connectivity index (χ2n) is 11.0. The molecule has 2 aromatic carbocycles. The number of fused-ring (bicyclic) bond motifs is 1. The number of hydrogen-bond acceptors (Lipinski definition) is 8. The average Bonchev–Trinajstić information content (AvgIpc) is 3.21. The molecule has 11 heteroatoms. The van der Waals surface area contributed by atoms with E-state index in [2.05, 4.69) is 10.6 Å². The maximum absolute atomic E-state index is 13.3. The third-order valence-electron chi connectivity index (χ3n) is 8.21. The minimum Gasteiger partial charge on any atom is -0.445 e. The number of anilines is 1. The maximum Gasteiger partial charge on any atom is 0.410 e. The Balaban J connectivity index is 0.970. The Morgan fingerprint density at radius 3 is 2.39 bits per heavy atom. The topological polar surface area (TPSA) is 134 Å². The van der Waals surface area contributed by atoms with E-state index in [0.29, 0.717) is 18.8 Å². The van der Waals surface area contributed by atoms with E-state index in [1.165, 1.54) is 0 Å². The third kappa shape index (κ3) is 5.54. The number of likely N-dealkylation sites (tertiary alicyclic amines) is 1. The van der Waals surface area contributed by atoms with Gasteiger partial charge >= 0.3 is 6.09 Å². The monoisotopic (exact) mass is 560 g/mol. The molecule has 3 fully saturated rings. The largest absolute Gasteiger partial charge is 0.445 e. The summed E-state index contributed by atoms with van der Waals surface area (Å²) in [5, 5.41) is 5.60. The van der Waals surface area contributed by atoms with Crippen molar-refractivity contribution in [3.05, 3.63) is 65.2 Å². The molecule has 1 unspecified atom stereocenters. The van der Waals surface area contributed by atoms with Gasteiger partial charge in [0.25, 0.3) is 11.8 Å². The standard InChI is InChI=1S/C30H32N4O7/c35-25-10-9-24(27(36)32-25)34-28(37)22-7-4-8-23(26(22)29(34)38)31-19-15-21(16-19)41-20-11-13-33(14-12-20)30(39)40-17-18-5-2-1-3-6-18/h1-8,19-21,24,31H,9-17H2,(H,32,35,36)/t19-,21-,24?. The quantitative estimate of drug-likeness (QED) is 0.494. The molecule has 2 aromatic rings. The molecule has 0 aromatic heterocycles. The van der Waals surface area contributed by atoms with Gasteiger partial charge in [0.15, 0.2) is 0 Å². The fourth-order valence-corrected chi connectivity index (χ4v) is 5.91. The van der Waals surface area contributed by atoms with E-state index in [0.717, 1.165) is 36.1 Å². The lowest BCUT2D eigenvalue weighted by Gasteiger charge is -2.40. The number of ether oxygens (including phenoxy) is 2. The number of piperidine rings is 2. The molecule has 0 radical (unpaired) electrons. The molecule has 3 heterocycles. The zero-order valence-corrected chi connectivity index (χ0v) is 22.5. The van der Waals surface area contributed by atoms with Crippen LogP contribution in [0.4, 0.5) is 10.5 Å². The van der Waals surface area contributed by atoms with Gasteiger partial charge < -0.3 is 19.7 Å². The first kappa shape index (κ1) is 26.9. The third-order valence-corrected chi connectivity index (χ3v) is 8.21. The number of imide groups is 2. The first-order valence-corrected chi connectivity index (χ1v) is 14.1. The highest BCUT2D eigenvalue weighted by atomic mass is 16.6. The molecule has 2 N–H and O–H groups in total. The van der Waals surface area contributed by atoms with Crippen LogP contribution in [0.1, 0.15) is 64.8 Å². The molecule has 5 amide bonds. The number of rotatable bonds is 7. The van der Waals surface area contributed by atoms with Gasteiger partial charge in [0.2, 0.25) is 11.8 Å². The molecule has 4 aliphatic rings. The molecule has 0 spiro atoms. The number of carbonyl (C=O) groups is 5. The van der Waals surface area contributed by atoms with Gasteiger partial charge in [-0.1, -0.05) is 36.4 Å². The Morgan fingerprint density at radius 1 is 0.902 bits per heavy atom. The molecule has 41 heavy (non-hydrogen) atoms. The number of hydrogen-bond donors (Lipinski definition) is 2. The smallest absolute Gasteiger partial charge is 0.410 e. The summed E-state index contributed by atoms with van der Waals surface area (Å²) in [6.07, 6.45) is 3.03. The minimum absolute atomic E-state index is 0.0707. The zero-order valence-electron chi connectivity index (χ0n) is 22.5. The van der Waals surface area contributed by atoms with E-state index >= 15 is 0 Å². The molecule has 11 nitrogen and oxygen atoms in total. The molecular formula is C30H32N4O7. The number of benzene rings is 2. The lowest BCUT2D eigenvalue weighted by Crippen LogP contribution is -2.54. The van der Waals surface area contributed by atoms with Crippen LogP contribution in [0.25, 0.3) is 0 Å². The van der Waals surface area contributed by atoms with Crippen LogP contribution in [-0.4, -0.2) is 76.9 Å². The Labute approximate surface area is 237 Å². The van der Waals surface area contributed by atoms with E-state index < -0.39 is 29.7 Å². The number of nitrogens with zero attached hydrogens (tertiary/aromatic N) is 2. The fraction of sp³-hybridized carbons (Fsp3) is 0.433. The Kier molecular flexibility index (Phi) is 7.44. The zero-order chi connectivity index (χ0) is 28.5. The van der Waals surface area contributed by atoms with Crippen LogP contribution in [0.15, 0.2) is 48.5 Å². The first-order chi connectivity index (χ1) is 19.9. The van der Waals surface area contributed by atoms with E-state index in [1.807, 2.05) is 30.3 Å². The van der Waals surface area contributed by atoms with E-state index in [-0.39, 0.29) is 54.9 Å². The molecule has 1 aliphatic carbocycles. The molecule has 3 aliphatic heterocycles. The van der Waals surface area contributed by atoms with Crippen molar-refractivity contribution in [1.82, 2.24) is 15.1 Å². The van der Waals surface area contributed by atoms with Crippen molar-refractivity contribution in [3.63, 3.8) is 0 Å². The lowest BCUT2D eigenvalue weighted by molar-refractivity contribution is -0.136. The van der Waals surface area contributed by atoms with Crippen molar-refractivity contribution in [1.29, 1.82) is 0 Å². The van der Waals surface area contributed by atoms with Crippen LogP contribution < -0.4 is 10.6 Å². The van der Waals surface area contributed by atoms with Gasteiger partial charge in [-0.05, 0) is 49.8 Å². The van der Waals surface area contributed by atoms with Gasteiger partial charge in [-0.15, -0.1) is 0 Å². The highest BCUT2D eigenvalue weighted by molar-refractivity contribution is 6.25. The molecule has 6 rings (SSSR count). The molecule has 1 atom stereocenters. The van der Waals surface area contributed by atoms with Crippen molar-refractivity contribution < 1.29 is 33.4 Å². The Hall–Kier alpha value is -4.25. The normalized spacial score (nSPS) is 24.5. The second-order valence-corrected chi connectivity index (χ2v) is 11.0. The van der Waals surface area contributed by atoms with E-state index in [4.69, 9.17) is 9.47 Å². The van der Waals surface area contributed by atoms with Gasteiger partial charge in [-0.25, -0.2) is 4.79 Å². The van der Waals surface area contributed by atoms with E-state index in [9.17, 15) is 24.0 Å². The Bertz CT molecular complexity index is 1370. The molecule has 214 valence electrons. The number of carbonyl (C=O) groups excluding carboxylic acids is 5. The van der Waals surface area contributed by atoms with E-state index in [1.54, 1.807) is 23.1 Å². The average molecular weight is 561 g/mol. The van der Waals surface area contributed by atoms with Gasteiger partial charge in [-0.3, -0.25) is 29.4 Å². The minimum atomic E-state index is -0.994. The van der Waals surface area contributed by atoms with Crippen LogP contribution in [0.5, 0.6) is 0 Å². The predicted molar refractivity (Wildman–Crippen MR) is 146 cm³/mol. The predicted octanol–water partition coefficient (Wildman–Crippen LogP) is 2.85. The summed E-state index contributed by atoms with van der Waals surface area (Å²) in [5.74, 6) is -2.07. The molecule has 0 bridgehead atoms. The molecular weight excluding hydrogens is 528 g/mol. The van der Waals surface area contributed by atoms with Gasteiger partial charge in [0, 0.05) is 31.2 Å². The highest BCUT2D eigenvalue weighted by Crippen LogP contribution is 2.35. The highest BCUT2D eigenvalue weighted by Gasteiger charge is 2.46. The van der Waals surface area contributed by atoms with Crippen molar-refractivity contribution in [2.24, 2.45) is 0 Å². The second kappa shape index (κ2) is 11.3. The maximum atomic E-state index is 13.3. The number of nitrogens with one attached hydrogen (secondary N) is 2. The van der Waals surface area contributed by atoms with Crippen LogP contribution >= 0.6 is 0 Å². The summed E-state index contributed by atoms with van der Waals surface area (Å²) in [7, 11) is 0. The summed E-state index contributed by atoms with van der Waals surface area (Å²) < 4.78 is 11.7. The lowest BCUT2D eigenvalue weighted by atomic mass is 9.88. The van der Waals surface area contributed by atoms with Crippen LogP contribution in [0.3, 0.4) is 0 Å². The van der Waals surface area contributed by atoms with Crippen LogP contribution in [-0.2, 0) is 25.7 Å². The summed E-state index contributed by atoms with van der Waals surface area (Å²) >= 11 is 0. The molecule has 1 saturated carbocycles. The molecule has 2 saturated heterocycles. The van der Waals surface area contributed by atoms with Gasteiger partial charge in [-0.2, -0.15) is 0 Å². The summed E-state index contributed by atoms with van der Waals surface area (Å²) in [5.41, 5.74) is 2.03. The SMILES string of the molecule is O=C1CCC(N2C(=O)c3cccc(N[C@H]4C[C@H](OC5CCN(C(=O)OCc6ccccc6)CC5)C4)c3C2=O)C(=O)N1. The van der Waals surface area contributed by atoms with Crippen LogP contribution in [0.2, 0.25) is 0 Å². The Morgan fingerprint density at radius 2 is 1.66 bits per heavy atom. The van der Waals surface area contributed by atoms with Crippen molar-refractivity contribution in [3.8, 4) is 0 Å². The summed E-state index contributed by atoms with van der Waals surface area (Å²) in [6, 6.07) is 13.7.